The van der Waals surface area contributed by atoms with E-state index in [0.717, 1.165) is 17.9 Å². The number of aromatic nitrogens is 3. The molecule has 0 fully saturated rings. The molecule has 0 aromatic carbocycles. The quantitative estimate of drug-likeness (QED) is 0.684. The van der Waals surface area contributed by atoms with Crippen molar-refractivity contribution in [1.82, 2.24) is 15.0 Å². The Morgan fingerprint density at radius 3 is 2.75 bits per heavy atom. The molecule has 0 bridgehead atoms. The SMILES string of the molecule is C=Cc1c(C)nnn1CC(C)C. The number of nitrogens with zero attached hydrogens (tertiary/aromatic N) is 3. The second-order valence-electron chi connectivity index (χ2n) is 3.34. The lowest BCUT2D eigenvalue weighted by Crippen LogP contribution is -2.07. The van der Waals surface area contributed by atoms with Gasteiger partial charge in [-0.15, -0.1) is 5.10 Å². The molecule has 0 spiro atoms. The predicted molar refractivity (Wildman–Crippen MR) is 49.7 cm³/mol. The third-order valence-corrected chi connectivity index (χ3v) is 1.68. The Kier molecular flexibility index (Phi) is 2.63. The van der Waals surface area contributed by atoms with E-state index in [2.05, 4.69) is 30.7 Å². The molecule has 1 heterocycles. The van der Waals surface area contributed by atoms with Crippen molar-refractivity contribution in [3.05, 3.63) is 18.0 Å². The molecule has 0 N–H and O–H groups in total. The molecule has 12 heavy (non-hydrogen) atoms. The second-order valence-corrected chi connectivity index (χ2v) is 3.34. The van der Waals surface area contributed by atoms with Crippen LogP contribution >= 0.6 is 0 Å². The highest BCUT2D eigenvalue weighted by Gasteiger charge is 2.06. The highest BCUT2D eigenvalue weighted by molar-refractivity contribution is 5.43. The normalized spacial score (nSPS) is 10.7. The van der Waals surface area contributed by atoms with Gasteiger partial charge in [0.1, 0.15) is 0 Å². The van der Waals surface area contributed by atoms with Crippen LogP contribution in [0.5, 0.6) is 0 Å². The van der Waals surface area contributed by atoms with Gasteiger partial charge in [-0.2, -0.15) is 0 Å². The van der Waals surface area contributed by atoms with Gasteiger partial charge in [-0.05, 0) is 18.9 Å². The Bertz CT molecular complexity index is 273. The molecule has 3 nitrogen and oxygen atoms in total. The van der Waals surface area contributed by atoms with E-state index in [1.165, 1.54) is 0 Å². The first-order valence-corrected chi connectivity index (χ1v) is 4.17. The molecule has 0 radical (unpaired) electrons. The molecular formula is C9H15N3. The van der Waals surface area contributed by atoms with Gasteiger partial charge in [0.05, 0.1) is 11.4 Å². The van der Waals surface area contributed by atoms with E-state index >= 15 is 0 Å². The Morgan fingerprint density at radius 2 is 2.25 bits per heavy atom. The van der Waals surface area contributed by atoms with Gasteiger partial charge >= 0.3 is 0 Å². The fraction of sp³-hybridized carbons (Fsp3) is 0.556. The molecule has 1 rings (SSSR count). The maximum absolute atomic E-state index is 4.02. The fourth-order valence-corrected chi connectivity index (χ4v) is 1.14. The van der Waals surface area contributed by atoms with E-state index in [1.807, 2.05) is 11.6 Å². The summed E-state index contributed by atoms with van der Waals surface area (Å²) in [5.41, 5.74) is 1.98. The lowest BCUT2D eigenvalue weighted by atomic mass is 10.2. The van der Waals surface area contributed by atoms with Crippen LogP contribution in [0.1, 0.15) is 25.2 Å². The Morgan fingerprint density at radius 1 is 1.58 bits per heavy atom. The van der Waals surface area contributed by atoms with E-state index in [0.29, 0.717) is 5.92 Å². The van der Waals surface area contributed by atoms with Crippen molar-refractivity contribution < 1.29 is 0 Å². The second kappa shape index (κ2) is 3.52. The summed E-state index contributed by atoms with van der Waals surface area (Å²) in [5.74, 6) is 0.588. The van der Waals surface area contributed by atoms with Crippen LogP contribution in [0.15, 0.2) is 6.58 Å². The van der Waals surface area contributed by atoms with Crippen molar-refractivity contribution in [2.24, 2.45) is 5.92 Å². The molecule has 0 aliphatic rings. The average molecular weight is 165 g/mol. The first-order chi connectivity index (χ1) is 5.65. The molecule has 0 aliphatic carbocycles. The predicted octanol–water partition coefficient (Wildman–Crippen LogP) is 1.89. The van der Waals surface area contributed by atoms with Gasteiger partial charge in [-0.25, -0.2) is 4.68 Å². The molecule has 1 aromatic rings. The summed E-state index contributed by atoms with van der Waals surface area (Å²) in [4.78, 5) is 0. The minimum absolute atomic E-state index is 0.588. The van der Waals surface area contributed by atoms with E-state index < -0.39 is 0 Å². The van der Waals surface area contributed by atoms with Crippen molar-refractivity contribution in [3.63, 3.8) is 0 Å². The molecule has 0 amide bonds. The molecule has 0 aliphatic heterocycles. The lowest BCUT2D eigenvalue weighted by Gasteiger charge is -2.05. The Hall–Kier alpha value is -1.12. The number of hydrogen-bond donors (Lipinski definition) is 0. The first kappa shape index (κ1) is 8.97. The lowest BCUT2D eigenvalue weighted by molar-refractivity contribution is 0.469. The molecule has 0 atom stereocenters. The summed E-state index contributed by atoms with van der Waals surface area (Å²) >= 11 is 0. The third kappa shape index (κ3) is 1.72. The van der Waals surface area contributed by atoms with Gasteiger partial charge in [0.25, 0.3) is 0 Å². The summed E-state index contributed by atoms with van der Waals surface area (Å²) in [6.45, 7) is 10.9. The van der Waals surface area contributed by atoms with Crippen LogP contribution in [0.2, 0.25) is 0 Å². The van der Waals surface area contributed by atoms with Gasteiger partial charge < -0.3 is 0 Å². The summed E-state index contributed by atoms with van der Waals surface area (Å²) < 4.78 is 1.90. The van der Waals surface area contributed by atoms with Crippen molar-refractivity contribution in [3.8, 4) is 0 Å². The van der Waals surface area contributed by atoms with Gasteiger partial charge in [0.2, 0.25) is 0 Å². The van der Waals surface area contributed by atoms with Crippen molar-refractivity contribution in [2.75, 3.05) is 0 Å². The minimum Gasteiger partial charge on any atom is -0.245 e. The number of aryl methyl sites for hydroxylation is 1. The minimum atomic E-state index is 0.588. The van der Waals surface area contributed by atoms with E-state index in [1.54, 1.807) is 6.08 Å². The Labute approximate surface area is 73.1 Å². The summed E-state index contributed by atoms with van der Waals surface area (Å²) in [7, 11) is 0. The standard InChI is InChI=1S/C9H15N3/c1-5-9-8(4)10-11-12(9)6-7(2)3/h5,7H,1,6H2,2-4H3. The topological polar surface area (TPSA) is 30.7 Å². The zero-order valence-electron chi connectivity index (χ0n) is 7.91. The summed E-state index contributed by atoms with van der Waals surface area (Å²) in [5, 5.41) is 8.00. The van der Waals surface area contributed by atoms with Gasteiger partial charge in [-0.1, -0.05) is 25.6 Å². The van der Waals surface area contributed by atoms with E-state index in [9.17, 15) is 0 Å². The fourth-order valence-electron chi connectivity index (χ4n) is 1.14. The molecule has 66 valence electrons. The van der Waals surface area contributed by atoms with Crippen LogP contribution in [0.3, 0.4) is 0 Å². The van der Waals surface area contributed by atoms with Crippen LogP contribution in [-0.2, 0) is 6.54 Å². The average Bonchev–Trinajstić information content (AvgIpc) is 2.30. The summed E-state index contributed by atoms with van der Waals surface area (Å²) in [6.07, 6.45) is 1.80. The number of hydrogen-bond acceptors (Lipinski definition) is 2. The molecule has 0 unspecified atom stereocenters. The molecular weight excluding hydrogens is 150 g/mol. The maximum Gasteiger partial charge on any atom is 0.0869 e. The van der Waals surface area contributed by atoms with Crippen LogP contribution in [0.4, 0.5) is 0 Å². The van der Waals surface area contributed by atoms with Gasteiger partial charge in [-0.3, -0.25) is 0 Å². The van der Waals surface area contributed by atoms with E-state index in [-0.39, 0.29) is 0 Å². The highest BCUT2D eigenvalue weighted by atomic mass is 15.4. The van der Waals surface area contributed by atoms with Crippen molar-refractivity contribution in [2.45, 2.75) is 27.3 Å². The first-order valence-electron chi connectivity index (χ1n) is 4.17. The highest BCUT2D eigenvalue weighted by Crippen LogP contribution is 2.07. The van der Waals surface area contributed by atoms with Crippen molar-refractivity contribution in [1.29, 1.82) is 0 Å². The summed E-state index contributed by atoms with van der Waals surface area (Å²) in [6, 6.07) is 0. The largest absolute Gasteiger partial charge is 0.245 e. The van der Waals surface area contributed by atoms with Crippen LogP contribution in [0, 0.1) is 12.8 Å². The Balaban J connectivity index is 2.91. The molecule has 3 heteroatoms. The van der Waals surface area contributed by atoms with Crippen LogP contribution in [-0.4, -0.2) is 15.0 Å². The number of rotatable bonds is 3. The molecule has 0 saturated carbocycles. The maximum atomic E-state index is 4.02. The zero-order valence-corrected chi connectivity index (χ0v) is 7.91. The zero-order chi connectivity index (χ0) is 9.14. The van der Waals surface area contributed by atoms with Crippen molar-refractivity contribution >= 4 is 6.08 Å². The molecule has 0 saturated heterocycles. The van der Waals surface area contributed by atoms with E-state index in [4.69, 9.17) is 0 Å². The van der Waals surface area contributed by atoms with Crippen LogP contribution in [0.25, 0.3) is 6.08 Å². The smallest absolute Gasteiger partial charge is 0.0869 e. The van der Waals surface area contributed by atoms with Crippen LogP contribution < -0.4 is 0 Å². The molecule has 1 aromatic heterocycles. The monoisotopic (exact) mass is 165 g/mol. The van der Waals surface area contributed by atoms with Gasteiger partial charge in [0, 0.05) is 6.54 Å². The third-order valence-electron chi connectivity index (χ3n) is 1.68. The van der Waals surface area contributed by atoms with Gasteiger partial charge in [0.15, 0.2) is 0 Å².